The number of nitrogen functional groups attached to an aromatic ring is 1. The molecule has 1 unspecified atom stereocenters. The molecule has 5 nitrogen and oxygen atoms in total. The van der Waals surface area contributed by atoms with Gasteiger partial charge >= 0.3 is 6.18 Å². The Labute approximate surface area is 238 Å². The first-order chi connectivity index (χ1) is 19.0. The van der Waals surface area contributed by atoms with Gasteiger partial charge in [-0.3, -0.25) is 0 Å². The number of ether oxygens (including phenoxy) is 1. The van der Waals surface area contributed by atoms with E-state index in [1.807, 2.05) is 20.8 Å². The predicted octanol–water partition coefficient (Wildman–Crippen LogP) is 7.36. The average molecular weight is 574 g/mol. The molecule has 0 amide bonds. The molecule has 216 valence electrons. The molecule has 2 atom stereocenters. The highest BCUT2D eigenvalue weighted by Crippen LogP contribution is 2.42. The lowest BCUT2D eigenvalue weighted by atomic mass is 9.84. The van der Waals surface area contributed by atoms with E-state index in [1.165, 1.54) is 6.07 Å². The number of alkyl halides is 3. The van der Waals surface area contributed by atoms with Crippen molar-refractivity contribution < 1.29 is 22.5 Å². The van der Waals surface area contributed by atoms with Gasteiger partial charge in [-0.2, -0.15) is 13.2 Å². The van der Waals surface area contributed by atoms with Gasteiger partial charge in [0.15, 0.2) is 4.90 Å². The maximum absolute atomic E-state index is 13.6. The number of hydrogen-bond donors (Lipinski definition) is 2. The van der Waals surface area contributed by atoms with E-state index in [4.69, 9.17) is 10.5 Å². The van der Waals surface area contributed by atoms with Gasteiger partial charge in [0.05, 0.1) is 36.3 Å². The number of anilines is 2. The van der Waals surface area contributed by atoms with Gasteiger partial charge in [0, 0.05) is 30.6 Å². The first kappa shape index (κ1) is 30.1. The average Bonchev–Trinajstić information content (AvgIpc) is 3.07. The van der Waals surface area contributed by atoms with Gasteiger partial charge in [-0.05, 0) is 80.0 Å². The number of methoxy groups -OCH3 is 1. The zero-order valence-electron chi connectivity index (χ0n) is 23.7. The van der Waals surface area contributed by atoms with Crippen LogP contribution in [0, 0.1) is 13.8 Å². The van der Waals surface area contributed by atoms with E-state index >= 15 is 0 Å². The molecular formula is C31H38F3N3O2S. The molecule has 1 aliphatic heterocycles. The van der Waals surface area contributed by atoms with Crippen molar-refractivity contribution in [1.82, 2.24) is 4.31 Å². The summed E-state index contributed by atoms with van der Waals surface area (Å²) in [7, 11) is 1.64. The second-order valence-electron chi connectivity index (χ2n) is 10.3. The monoisotopic (exact) mass is 573 g/mol. The van der Waals surface area contributed by atoms with Crippen LogP contribution in [0.5, 0.6) is 5.75 Å². The smallest absolute Gasteiger partial charge is 0.416 e. The number of nitrogens with one attached hydrogen (secondary N) is 1. The van der Waals surface area contributed by atoms with Crippen molar-refractivity contribution in [3.63, 3.8) is 0 Å². The maximum atomic E-state index is 13.6. The molecule has 3 aromatic rings. The van der Waals surface area contributed by atoms with Crippen molar-refractivity contribution >= 4 is 22.7 Å². The van der Waals surface area contributed by atoms with Crippen LogP contribution in [0.25, 0.3) is 0 Å². The third-order valence-corrected chi connectivity index (χ3v) is 9.33. The molecule has 0 fully saturated rings. The molecule has 0 aliphatic carbocycles. The fourth-order valence-corrected chi connectivity index (χ4v) is 6.94. The van der Waals surface area contributed by atoms with Gasteiger partial charge in [0.25, 0.3) is 0 Å². The SMILES string of the molecule is CCNc1c(OC)cc([C@@H](CC)c2ccc(C)c(CN3CCCc4ccc(C(F)(F)F)cc4[S+]3[O-])c2)c(C)c1N. The van der Waals surface area contributed by atoms with E-state index in [0.29, 0.717) is 36.5 Å². The van der Waals surface area contributed by atoms with Gasteiger partial charge in [-0.25, -0.2) is 0 Å². The number of aryl methyl sites for hydroxylation is 2. The Morgan fingerprint density at radius 3 is 2.52 bits per heavy atom. The molecule has 3 N–H and O–H groups in total. The van der Waals surface area contributed by atoms with Crippen LogP contribution < -0.4 is 15.8 Å². The van der Waals surface area contributed by atoms with Crippen LogP contribution in [0.1, 0.15) is 71.6 Å². The van der Waals surface area contributed by atoms with Crippen LogP contribution in [0.3, 0.4) is 0 Å². The van der Waals surface area contributed by atoms with Crippen LogP contribution in [0.15, 0.2) is 47.4 Å². The summed E-state index contributed by atoms with van der Waals surface area (Å²) in [4.78, 5) is 0.256. The van der Waals surface area contributed by atoms with Crippen molar-refractivity contribution in [3.8, 4) is 5.75 Å². The molecule has 1 heterocycles. The van der Waals surface area contributed by atoms with E-state index in [1.54, 1.807) is 11.4 Å². The van der Waals surface area contributed by atoms with Gasteiger partial charge in [-0.15, -0.1) is 4.31 Å². The summed E-state index contributed by atoms with van der Waals surface area (Å²) >= 11 is -1.70. The minimum absolute atomic E-state index is 0.0518. The zero-order chi connectivity index (χ0) is 29.2. The second-order valence-corrected chi connectivity index (χ2v) is 11.7. The Kier molecular flexibility index (Phi) is 9.27. The van der Waals surface area contributed by atoms with Crippen LogP contribution in [0.4, 0.5) is 24.5 Å². The summed E-state index contributed by atoms with van der Waals surface area (Å²) in [5.41, 5.74) is 13.2. The van der Waals surface area contributed by atoms with E-state index in [0.717, 1.165) is 65.0 Å². The molecule has 3 aromatic carbocycles. The van der Waals surface area contributed by atoms with Gasteiger partial charge < -0.3 is 20.3 Å². The Hall–Kier alpha value is -2.88. The molecule has 0 saturated carbocycles. The molecule has 0 saturated heterocycles. The minimum atomic E-state index is -4.48. The lowest BCUT2D eigenvalue weighted by Crippen LogP contribution is -2.31. The number of hydrogen-bond acceptors (Lipinski definition) is 5. The Bertz CT molecular complexity index is 1360. The van der Waals surface area contributed by atoms with Crippen LogP contribution in [-0.2, 0) is 30.5 Å². The minimum Gasteiger partial charge on any atom is -0.593 e. The molecule has 0 radical (unpaired) electrons. The molecule has 9 heteroatoms. The number of nitrogens with zero attached hydrogens (tertiary/aromatic N) is 1. The fraction of sp³-hybridized carbons (Fsp3) is 0.419. The second kappa shape index (κ2) is 12.3. The zero-order valence-corrected chi connectivity index (χ0v) is 24.6. The normalized spacial score (nSPS) is 16.8. The topological polar surface area (TPSA) is 73.6 Å². The quantitative estimate of drug-likeness (QED) is 0.218. The lowest BCUT2D eigenvalue weighted by molar-refractivity contribution is -0.137. The lowest BCUT2D eigenvalue weighted by Gasteiger charge is -2.26. The van der Waals surface area contributed by atoms with Gasteiger partial charge in [-0.1, -0.05) is 31.2 Å². The third-order valence-electron chi connectivity index (χ3n) is 7.79. The number of benzene rings is 3. The highest BCUT2D eigenvalue weighted by atomic mass is 32.2. The van der Waals surface area contributed by atoms with E-state index < -0.39 is 23.1 Å². The molecular weight excluding hydrogens is 535 g/mol. The van der Waals surface area contributed by atoms with Gasteiger partial charge in [0.2, 0.25) is 0 Å². The van der Waals surface area contributed by atoms with E-state index in [9.17, 15) is 17.7 Å². The summed E-state index contributed by atoms with van der Waals surface area (Å²) in [5, 5.41) is 3.30. The fourth-order valence-electron chi connectivity index (χ4n) is 5.49. The Balaban J connectivity index is 1.68. The standard InChI is InChI=1S/C31H38F3N3O2S/c1-6-25(26-17-27(39-5)30(36-7-2)29(35)20(26)4)22-11-10-19(3)23(15-22)18-37-14-8-9-21-12-13-24(31(32,33)34)16-28(21)40(37)38/h10-13,15-17,25,36H,6-9,14,18,35H2,1-5H3/t25-,40?/m0/s1. The maximum Gasteiger partial charge on any atom is 0.416 e. The largest absolute Gasteiger partial charge is 0.593 e. The van der Waals surface area contributed by atoms with Crippen LogP contribution in [-0.4, -0.2) is 29.1 Å². The van der Waals surface area contributed by atoms with Crippen molar-refractivity contribution in [3.05, 3.63) is 81.4 Å². The molecule has 1 aliphatic rings. The highest BCUT2D eigenvalue weighted by molar-refractivity contribution is 7.89. The first-order valence-corrected chi connectivity index (χ1v) is 14.8. The summed E-state index contributed by atoms with van der Waals surface area (Å²) in [5.74, 6) is 0.749. The highest BCUT2D eigenvalue weighted by Gasteiger charge is 2.35. The van der Waals surface area contributed by atoms with Crippen molar-refractivity contribution in [2.24, 2.45) is 0 Å². The molecule has 0 bridgehead atoms. The summed E-state index contributed by atoms with van der Waals surface area (Å²) in [6.45, 7) is 9.80. The molecule has 4 rings (SSSR count). The van der Waals surface area contributed by atoms with Crippen LogP contribution in [0.2, 0.25) is 0 Å². The van der Waals surface area contributed by atoms with Crippen molar-refractivity contribution in [1.29, 1.82) is 0 Å². The predicted molar refractivity (Wildman–Crippen MR) is 156 cm³/mol. The Morgan fingerprint density at radius 2 is 1.88 bits per heavy atom. The van der Waals surface area contributed by atoms with Crippen molar-refractivity contribution in [2.75, 3.05) is 31.2 Å². The summed E-state index contributed by atoms with van der Waals surface area (Å²) in [6, 6.07) is 12.0. The summed E-state index contributed by atoms with van der Waals surface area (Å²) in [6.07, 6.45) is -2.34. The Morgan fingerprint density at radius 1 is 1.12 bits per heavy atom. The number of fused-ring (bicyclic) bond motifs is 1. The third kappa shape index (κ3) is 6.06. The van der Waals surface area contributed by atoms with E-state index in [-0.39, 0.29) is 10.8 Å². The van der Waals surface area contributed by atoms with Crippen LogP contribution >= 0.6 is 0 Å². The van der Waals surface area contributed by atoms with E-state index in [2.05, 4.69) is 36.5 Å². The first-order valence-electron chi connectivity index (χ1n) is 13.7. The number of rotatable bonds is 8. The van der Waals surface area contributed by atoms with Gasteiger partial charge in [0.1, 0.15) is 11.4 Å². The summed E-state index contributed by atoms with van der Waals surface area (Å²) < 4.78 is 61.3. The number of nitrogens with two attached hydrogens (primary N) is 1. The molecule has 40 heavy (non-hydrogen) atoms. The number of halogens is 3. The van der Waals surface area contributed by atoms with Crippen molar-refractivity contribution in [2.45, 2.75) is 70.5 Å². The molecule has 0 aromatic heterocycles. The molecule has 0 spiro atoms.